The molecule has 0 aliphatic rings. The normalized spacial score (nSPS) is 11.3. The third-order valence-corrected chi connectivity index (χ3v) is 5.35. The minimum Gasteiger partial charge on any atom is -0.309 e. The summed E-state index contributed by atoms with van der Waals surface area (Å²) in [5.74, 6) is 0.401. The molecule has 4 rings (SSSR count). The number of likely N-dealkylation sites (N-methyl/N-ethyl adjacent to an activating group) is 1. The van der Waals surface area contributed by atoms with Gasteiger partial charge in [0.1, 0.15) is 0 Å². The Morgan fingerprint density at radius 3 is 2.53 bits per heavy atom. The van der Waals surface area contributed by atoms with Gasteiger partial charge in [-0.15, -0.1) is 0 Å². The molecule has 0 atom stereocenters. The highest BCUT2D eigenvalue weighted by Gasteiger charge is 2.15. The van der Waals surface area contributed by atoms with Gasteiger partial charge in [0.05, 0.1) is 17.4 Å². The van der Waals surface area contributed by atoms with E-state index in [2.05, 4.69) is 38.6 Å². The molecule has 7 heteroatoms. The number of hydrogen-bond donors (Lipinski definition) is 1. The summed E-state index contributed by atoms with van der Waals surface area (Å²) in [7, 11) is 0. The Morgan fingerprint density at radius 1 is 1.07 bits per heavy atom. The molecule has 0 fully saturated rings. The van der Waals surface area contributed by atoms with Crippen LogP contribution in [0.25, 0.3) is 16.7 Å². The van der Waals surface area contributed by atoms with E-state index in [1.807, 2.05) is 59.3 Å². The maximum Gasteiger partial charge on any atom is 0.257 e. The molecule has 0 spiro atoms. The summed E-state index contributed by atoms with van der Waals surface area (Å²) in [6, 6.07) is 15.4. The summed E-state index contributed by atoms with van der Waals surface area (Å²) < 4.78 is 3.99. The van der Waals surface area contributed by atoms with Crippen LogP contribution < -0.4 is 5.32 Å². The number of benzene rings is 2. The summed E-state index contributed by atoms with van der Waals surface area (Å²) in [4.78, 5) is 24.0. The van der Waals surface area contributed by atoms with Crippen molar-refractivity contribution >= 4 is 22.9 Å². The summed E-state index contributed by atoms with van der Waals surface area (Å²) in [5.41, 5.74) is 3.44. The fourth-order valence-electron chi connectivity index (χ4n) is 3.55. The molecule has 0 aliphatic carbocycles. The van der Waals surface area contributed by atoms with Crippen molar-refractivity contribution in [1.29, 1.82) is 0 Å². The van der Waals surface area contributed by atoms with E-state index < -0.39 is 0 Å². The van der Waals surface area contributed by atoms with Crippen molar-refractivity contribution in [3.8, 4) is 5.69 Å². The minimum absolute atomic E-state index is 0.174. The molecular formula is C23H26N6O. The molecule has 30 heavy (non-hydrogen) atoms. The Balaban J connectivity index is 1.56. The summed E-state index contributed by atoms with van der Waals surface area (Å²) in [6.45, 7) is 7.96. The third-order valence-electron chi connectivity index (χ3n) is 5.35. The second-order valence-electron chi connectivity index (χ2n) is 7.07. The van der Waals surface area contributed by atoms with E-state index in [1.54, 1.807) is 12.5 Å². The number of nitrogens with one attached hydrogen (secondary N) is 1. The van der Waals surface area contributed by atoms with Crippen LogP contribution in [0.2, 0.25) is 0 Å². The monoisotopic (exact) mass is 402 g/mol. The van der Waals surface area contributed by atoms with Gasteiger partial charge in [-0.25, -0.2) is 9.97 Å². The van der Waals surface area contributed by atoms with E-state index in [-0.39, 0.29) is 5.91 Å². The van der Waals surface area contributed by atoms with Crippen LogP contribution in [-0.2, 0) is 6.54 Å². The molecule has 2 aromatic carbocycles. The number of fused-ring (bicyclic) bond motifs is 1. The van der Waals surface area contributed by atoms with E-state index in [0.717, 1.165) is 42.9 Å². The molecule has 0 radical (unpaired) electrons. The molecule has 1 amide bonds. The van der Waals surface area contributed by atoms with Gasteiger partial charge in [0.15, 0.2) is 0 Å². The first-order valence-corrected chi connectivity index (χ1v) is 10.3. The number of imidazole rings is 2. The van der Waals surface area contributed by atoms with Crippen molar-refractivity contribution < 1.29 is 4.79 Å². The van der Waals surface area contributed by atoms with E-state index in [4.69, 9.17) is 0 Å². The molecule has 4 aromatic rings. The van der Waals surface area contributed by atoms with Crippen LogP contribution in [0.4, 0.5) is 5.95 Å². The molecule has 2 aromatic heterocycles. The zero-order chi connectivity index (χ0) is 20.9. The highest BCUT2D eigenvalue weighted by molar-refractivity contribution is 6.04. The lowest BCUT2D eigenvalue weighted by atomic mass is 10.2. The van der Waals surface area contributed by atoms with Crippen molar-refractivity contribution in [2.75, 3.05) is 25.0 Å². The predicted molar refractivity (Wildman–Crippen MR) is 119 cm³/mol. The van der Waals surface area contributed by atoms with Crippen molar-refractivity contribution in [2.45, 2.75) is 20.4 Å². The number of para-hydroxylation sites is 2. The fraction of sp³-hybridized carbons (Fsp3) is 0.261. The van der Waals surface area contributed by atoms with Crippen LogP contribution in [0.1, 0.15) is 24.2 Å². The van der Waals surface area contributed by atoms with Crippen molar-refractivity contribution in [3.63, 3.8) is 0 Å². The van der Waals surface area contributed by atoms with Gasteiger partial charge in [-0.2, -0.15) is 0 Å². The van der Waals surface area contributed by atoms with Gasteiger partial charge in [0, 0.05) is 36.7 Å². The van der Waals surface area contributed by atoms with Crippen LogP contribution in [0.15, 0.2) is 67.3 Å². The molecule has 7 nitrogen and oxygen atoms in total. The lowest BCUT2D eigenvalue weighted by Gasteiger charge is -2.19. The van der Waals surface area contributed by atoms with E-state index in [0.29, 0.717) is 11.5 Å². The average Bonchev–Trinajstić information content (AvgIpc) is 3.43. The zero-order valence-corrected chi connectivity index (χ0v) is 17.3. The quantitative estimate of drug-likeness (QED) is 0.487. The number of aromatic nitrogens is 4. The van der Waals surface area contributed by atoms with Gasteiger partial charge in [-0.05, 0) is 49.5 Å². The topological polar surface area (TPSA) is 68.0 Å². The number of rotatable bonds is 8. The molecule has 154 valence electrons. The predicted octanol–water partition coefficient (Wildman–Crippen LogP) is 3.82. The van der Waals surface area contributed by atoms with Crippen LogP contribution in [0.5, 0.6) is 0 Å². The largest absolute Gasteiger partial charge is 0.309 e. The lowest BCUT2D eigenvalue weighted by molar-refractivity contribution is 0.102. The maximum absolute atomic E-state index is 12.9. The highest BCUT2D eigenvalue weighted by Crippen LogP contribution is 2.20. The standard InChI is InChI=1S/C23H26N6O/c1-3-27(4-2)15-16-29-21-8-6-5-7-20(21)25-23(29)26-22(30)18-9-11-19(12-10-18)28-14-13-24-17-28/h5-14,17H,3-4,15-16H2,1-2H3,(H,25,26,30). The van der Waals surface area contributed by atoms with Crippen LogP contribution in [0.3, 0.4) is 0 Å². The van der Waals surface area contributed by atoms with Gasteiger partial charge in [-0.1, -0.05) is 26.0 Å². The molecule has 0 saturated carbocycles. The third kappa shape index (κ3) is 4.11. The first-order chi connectivity index (χ1) is 14.7. The minimum atomic E-state index is -0.174. The smallest absolute Gasteiger partial charge is 0.257 e. The Hall–Kier alpha value is -3.45. The average molecular weight is 403 g/mol. The van der Waals surface area contributed by atoms with Crippen LogP contribution >= 0.6 is 0 Å². The molecule has 0 aliphatic heterocycles. The van der Waals surface area contributed by atoms with Gasteiger partial charge in [0.2, 0.25) is 5.95 Å². The number of amides is 1. The zero-order valence-electron chi connectivity index (χ0n) is 17.3. The Kier molecular flexibility index (Phi) is 5.90. The lowest BCUT2D eigenvalue weighted by Crippen LogP contribution is -2.27. The highest BCUT2D eigenvalue weighted by atomic mass is 16.1. The Labute approximate surface area is 176 Å². The van der Waals surface area contributed by atoms with E-state index >= 15 is 0 Å². The van der Waals surface area contributed by atoms with Crippen LogP contribution in [-0.4, -0.2) is 49.5 Å². The number of anilines is 1. The first-order valence-electron chi connectivity index (χ1n) is 10.3. The van der Waals surface area contributed by atoms with Gasteiger partial charge in [0.25, 0.3) is 5.91 Å². The van der Waals surface area contributed by atoms with E-state index in [1.165, 1.54) is 0 Å². The molecule has 2 heterocycles. The number of carbonyl (C=O) groups is 1. The Morgan fingerprint density at radius 2 is 1.83 bits per heavy atom. The van der Waals surface area contributed by atoms with Crippen LogP contribution in [0, 0.1) is 0 Å². The SMILES string of the molecule is CCN(CC)CCn1c(NC(=O)c2ccc(-n3ccnc3)cc2)nc2ccccc21. The molecule has 0 saturated heterocycles. The molecule has 1 N–H and O–H groups in total. The maximum atomic E-state index is 12.9. The second-order valence-corrected chi connectivity index (χ2v) is 7.07. The summed E-state index contributed by atoms with van der Waals surface area (Å²) >= 11 is 0. The number of carbonyl (C=O) groups excluding carboxylic acids is 1. The van der Waals surface area contributed by atoms with Gasteiger partial charge >= 0.3 is 0 Å². The van der Waals surface area contributed by atoms with Crippen molar-refractivity contribution in [1.82, 2.24) is 24.0 Å². The molecular weight excluding hydrogens is 376 g/mol. The molecule has 0 bridgehead atoms. The van der Waals surface area contributed by atoms with Gasteiger partial charge < -0.3 is 14.0 Å². The first kappa shape index (κ1) is 19.8. The van der Waals surface area contributed by atoms with E-state index in [9.17, 15) is 4.79 Å². The summed E-state index contributed by atoms with van der Waals surface area (Å²) in [5, 5.41) is 3.01. The van der Waals surface area contributed by atoms with Gasteiger partial charge in [-0.3, -0.25) is 10.1 Å². The second kappa shape index (κ2) is 8.92. The van der Waals surface area contributed by atoms with Crippen molar-refractivity contribution in [3.05, 3.63) is 72.8 Å². The molecule has 0 unspecified atom stereocenters. The summed E-state index contributed by atoms with van der Waals surface area (Å²) in [6.07, 6.45) is 5.32. The number of nitrogens with zero attached hydrogens (tertiary/aromatic N) is 5. The van der Waals surface area contributed by atoms with Crippen molar-refractivity contribution in [2.24, 2.45) is 0 Å². The number of hydrogen-bond acceptors (Lipinski definition) is 4. The fourth-order valence-corrected chi connectivity index (χ4v) is 3.55. The Bertz CT molecular complexity index is 1110.